The van der Waals surface area contributed by atoms with Crippen LogP contribution >= 0.6 is 23.5 Å². The van der Waals surface area contributed by atoms with Crippen molar-refractivity contribution in [2.24, 2.45) is 0 Å². The maximum absolute atomic E-state index is 11.3. The molecule has 35 heavy (non-hydrogen) atoms. The van der Waals surface area contributed by atoms with Crippen LogP contribution in [0.15, 0.2) is 30.3 Å². The van der Waals surface area contributed by atoms with Crippen LogP contribution in [0.25, 0.3) is 0 Å². The molecule has 6 heteroatoms. The van der Waals surface area contributed by atoms with Gasteiger partial charge in [0, 0.05) is 0 Å². The van der Waals surface area contributed by atoms with Gasteiger partial charge in [0.1, 0.15) is 0 Å². The fourth-order valence-electron chi connectivity index (χ4n) is 5.52. The van der Waals surface area contributed by atoms with E-state index in [0.29, 0.717) is 26.1 Å². The molecular weight excluding hydrogens is 579 g/mol. The average molecular weight is 632 g/mol. The van der Waals surface area contributed by atoms with Crippen LogP contribution in [0.1, 0.15) is 90.5 Å². The monoisotopic (exact) mass is 632 g/mol. The van der Waals surface area contributed by atoms with Gasteiger partial charge in [-0.3, -0.25) is 0 Å². The summed E-state index contributed by atoms with van der Waals surface area (Å²) in [7, 11) is 0. The quantitative estimate of drug-likeness (QED) is 0.120. The molecule has 3 nitrogen and oxygen atoms in total. The van der Waals surface area contributed by atoms with Gasteiger partial charge in [-0.25, -0.2) is 0 Å². The molecule has 0 aromatic heterocycles. The van der Waals surface area contributed by atoms with Gasteiger partial charge in [-0.05, 0) is 0 Å². The van der Waals surface area contributed by atoms with E-state index in [1.807, 2.05) is 18.2 Å². The summed E-state index contributed by atoms with van der Waals surface area (Å²) in [5.41, 5.74) is 1.16. The normalized spacial score (nSPS) is 17.9. The minimum atomic E-state index is -2.61. The molecule has 2 rings (SSSR count). The van der Waals surface area contributed by atoms with E-state index in [4.69, 9.17) is 4.74 Å². The van der Waals surface area contributed by atoms with E-state index in [2.05, 4.69) is 56.4 Å². The van der Waals surface area contributed by atoms with Gasteiger partial charge < -0.3 is 0 Å². The van der Waals surface area contributed by atoms with Crippen molar-refractivity contribution >= 4 is 41.9 Å². The molecule has 1 aromatic carbocycles. The van der Waals surface area contributed by atoms with Crippen molar-refractivity contribution in [2.45, 2.75) is 119 Å². The molecule has 1 aromatic rings. The number of hydrogen-bond donors (Lipinski definition) is 2. The van der Waals surface area contributed by atoms with Crippen molar-refractivity contribution in [2.75, 3.05) is 18.1 Å². The molecule has 0 bridgehead atoms. The molecule has 202 valence electrons. The Morgan fingerprint density at radius 2 is 1.46 bits per heavy atom. The van der Waals surface area contributed by atoms with Gasteiger partial charge in [0.05, 0.1) is 0 Å². The molecule has 1 aliphatic heterocycles. The Kier molecular flexibility index (Phi) is 16.3. The Labute approximate surface area is 228 Å². The molecule has 1 aliphatic rings. The van der Waals surface area contributed by atoms with Crippen molar-refractivity contribution in [3.05, 3.63) is 35.9 Å². The molecule has 1 fully saturated rings. The number of unbranched alkanes of at least 4 members (excludes halogenated alkanes) is 3. The molecule has 0 unspecified atom stereocenters. The molecule has 1 heterocycles. The molecule has 2 atom stereocenters. The first kappa shape index (κ1) is 31.8. The van der Waals surface area contributed by atoms with Gasteiger partial charge in [-0.1, -0.05) is 6.07 Å². The zero-order chi connectivity index (χ0) is 25.4. The van der Waals surface area contributed by atoms with E-state index in [1.165, 1.54) is 69.8 Å². The molecule has 0 aliphatic carbocycles. The Morgan fingerprint density at radius 3 is 2.00 bits per heavy atom. The van der Waals surface area contributed by atoms with Crippen molar-refractivity contribution < 1.29 is 14.9 Å². The molecule has 0 radical (unpaired) electrons. The van der Waals surface area contributed by atoms with Crippen LogP contribution in [0.2, 0.25) is 13.3 Å². The summed E-state index contributed by atoms with van der Waals surface area (Å²) >= 11 is 1.86. The van der Waals surface area contributed by atoms with E-state index in [9.17, 15) is 10.2 Å². The van der Waals surface area contributed by atoms with Crippen LogP contribution in [0, 0.1) is 0 Å². The van der Waals surface area contributed by atoms with E-state index in [1.54, 1.807) is 0 Å². The van der Waals surface area contributed by atoms with Gasteiger partial charge in [-0.15, -0.1) is 0 Å². The summed E-state index contributed by atoms with van der Waals surface area (Å²) in [4.78, 5) is 0. The van der Waals surface area contributed by atoms with Crippen LogP contribution in [0.4, 0.5) is 0 Å². The van der Waals surface area contributed by atoms with E-state index >= 15 is 0 Å². The van der Waals surface area contributed by atoms with Crippen LogP contribution in [0.3, 0.4) is 0 Å². The Morgan fingerprint density at radius 1 is 0.886 bits per heavy atom. The Bertz CT molecular complexity index is 633. The van der Waals surface area contributed by atoms with Gasteiger partial charge >= 0.3 is 224 Å². The second-order valence-corrected chi connectivity index (χ2v) is 29.6. The van der Waals surface area contributed by atoms with E-state index < -0.39 is 30.6 Å². The van der Waals surface area contributed by atoms with Crippen molar-refractivity contribution in [1.82, 2.24) is 0 Å². The van der Waals surface area contributed by atoms with Crippen molar-refractivity contribution in [1.29, 1.82) is 0 Å². The summed E-state index contributed by atoms with van der Waals surface area (Å²) in [6, 6.07) is 10.2. The number of aliphatic hydroxyl groups is 2. The minimum absolute atomic E-state index is 0.273. The summed E-state index contributed by atoms with van der Waals surface area (Å²) in [6.45, 7) is 8.14. The average Bonchev–Trinajstić information content (AvgIpc) is 2.87. The maximum atomic E-state index is 11.3. The molecule has 2 N–H and O–H groups in total. The standard InChI is InChI=1S/C17H25O3S2.3C4H9.Sn/c18-15(7-8-20-13-14-5-2-1-3-6-14)11-16(19)12-17-21-9-4-10-22-17;3*1-3-4-2;/h1-3,5-6,15-16,18-19H,4,7-13H2;3*1,3-4H2,2H3;/t15-,16+;;;;/m1..../s1. The summed E-state index contributed by atoms with van der Waals surface area (Å²) in [6.07, 6.45) is 10.3. The van der Waals surface area contributed by atoms with Gasteiger partial charge in [0.25, 0.3) is 0 Å². The SMILES string of the molecule is CCC[CH2][Sn]([CH2]CCC)([CH2]CCC)[C]1(C[C@@H](O)C[C@H](O)CCOCc2ccccc2)SCCCS1. The summed E-state index contributed by atoms with van der Waals surface area (Å²) in [5.74, 6) is 2.50. The van der Waals surface area contributed by atoms with Crippen LogP contribution < -0.4 is 0 Å². The predicted molar refractivity (Wildman–Crippen MR) is 159 cm³/mol. The van der Waals surface area contributed by atoms with E-state index in [0.717, 1.165) is 12.0 Å². The first-order valence-corrected chi connectivity index (χ1v) is 23.7. The van der Waals surface area contributed by atoms with Crippen LogP contribution in [-0.4, -0.2) is 61.0 Å². The van der Waals surface area contributed by atoms with Crippen molar-refractivity contribution in [3.8, 4) is 0 Å². The van der Waals surface area contributed by atoms with Crippen LogP contribution in [-0.2, 0) is 11.3 Å². The number of rotatable bonds is 19. The van der Waals surface area contributed by atoms with Gasteiger partial charge in [-0.2, -0.15) is 0 Å². The topological polar surface area (TPSA) is 49.7 Å². The Balaban J connectivity index is 2.02. The Hall–Kier alpha value is 0.599. The zero-order valence-electron chi connectivity index (χ0n) is 22.7. The molecule has 1 saturated heterocycles. The second kappa shape index (κ2) is 18.0. The fraction of sp³-hybridized carbons (Fsp3) is 0.793. The number of thioether (sulfide) groups is 2. The summed E-state index contributed by atoms with van der Waals surface area (Å²) in [5, 5.41) is 22.0. The predicted octanol–water partition coefficient (Wildman–Crippen LogP) is 8.05. The molecule has 0 spiro atoms. The second-order valence-electron chi connectivity index (χ2n) is 10.5. The molecule has 0 amide bonds. The fourth-order valence-corrected chi connectivity index (χ4v) is 36.2. The number of benzene rings is 1. The first-order chi connectivity index (χ1) is 17.0. The summed E-state index contributed by atoms with van der Waals surface area (Å²) < 4.78 is 10.5. The molecule has 0 saturated carbocycles. The third-order valence-corrected chi connectivity index (χ3v) is 35.2. The first-order valence-electron chi connectivity index (χ1n) is 14.3. The number of hydrogen-bond acceptors (Lipinski definition) is 5. The third kappa shape index (κ3) is 10.7. The zero-order valence-corrected chi connectivity index (χ0v) is 27.2. The number of ether oxygens (including phenoxy) is 1. The third-order valence-electron chi connectivity index (χ3n) is 7.55. The van der Waals surface area contributed by atoms with Crippen LogP contribution in [0.5, 0.6) is 0 Å². The number of aliphatic hydroxyl groups excluding tert-OH is 2. The van der Waals surface area contributed by atoms with Gasteiger partial charge in [0.15, 0.2) is 0 Å². The van der Waals surface area contributed by atoms with Gasteiger partial charge in [0.2, 0.25) is 0 Å². The molecular formula is C29H52O3S2Sn. The van der Waals surface area contributed by atoms with E-state index in [-0.39, 0.29) is 2.09 Å². The van der Waals surface area contributed by atoms with Crippen molar-refractivity contribution in [3.63, 3.8) is 0 Å².